The van der Waals surface area contributed by atoms with Crippen molar-refractivity contribution in [3.63, 3.8) is 0 Å². The minimum absolute atomic E-state index is 0.260. The number of hydrogen-bond acceptors (Lipinski definition) is 2. The van der Waals surface area contributed by atoms with Gasteiger partial charge in [0.2, 0.25) is 0 Å². The number of nitrogens with one attached hydrogen (secondary N) is 1. The first kappa shape index (κ1) is 9.28. The molecule has 0 unspecified atom stereocenters. The first-order valence-electron chi connectivity index (χ1n) is 4.36. The predicted molar refractivity (Wildman–Crippen MR) is 55.3 cm³/mol. The summed E-state index contributed by atoms with van der Waals surface area (Å²) in [5, 5.41) is 8.70. The van der Waals surface area contributed by atoms with Crippen LogP contribution in [0.15, 0.2) is 30.3 Å². The Morgan fingerprint density at radius 3 is 2.67 bits per heavy atom. The van der Waals surface area contributed by atoms with Gasteiger partial charge in [-0.3, -0.25) is 0 Å². The van der Waals surface area contributed by atoms with Crippen LogP contribution in [0.25, 0.3) is 11.3 Å². The van der Waals surface area contributed by atoms with Crippen LogP contribution in [-0.4, -0.2) is 4.98 Å². The molecule has 0 atom stereocenters. The van der Waals surface area contributed by atoms with Crippen molar-refractivity contribution in [2.75, 3.05) is 5.73 Å². The van der Waals surface area contributed by atoms with Crippen LogP contribution in [-0.2, 0) is 0 Å². The summed E-state index contributed by atoms with van der Waals surface area (Å²) >= 11 is 0. The molecule has 0 amide bonds. The van der Waals surface area contributed by atoms with Crippen LogP contribution >= 0.6 is 0 Å². The highest BCUT2D eigenvalue weighted by molar-refractivity contribution is 5.67. The Morgan fingerprint density at radius 1 is 1.33 bits per heavy atom. The number of aromatic amines is 1. The van der Waals surface area contributed by atoms with E-state index in [0.717, 1.165) is 0 Å². The Morgan fingerprint density at radius 2 is 2.07 bits per heavy atom. The highest BCUT2D eigenvalue weighted by Gasteiger charge is 2.09. The van der Waals surface area contributed by atoms with Crippen molar-refractivity contribution in [1.82, 2.24) is 4.98 Å². The van der Waals surface area contributed by atoms with Crippen molar-refractivity contribution in [2.45, 2.75) is 0 Å². The van der Waals surface area contributed by atoms with Gasteiger partial charge in [0.05, 0.1) is 11.3 Å². The monoisotopic (exact) mass is 201 g/mol. The van der Waals surface area contributed by atoms with Gasteiger partial charge in [0.15, 0.2) is 0 Å². The lowest BCUT2D eigenvalue weighted by atomic mass is 10.1. The number of nitrogens with two attached hydrogens (primary N) is 1. The molecule has 4 heteroatoms. The number of benzene rings is 1. The molecule has 0 fully saturated rings. The minimum Gasteiger partial charge on any atom is -0.384 e. The molecule has 2 rings (SSSR count). The zero-order chi connectivity index (χ0) is 10.8. The van der Waals surface area contributed by atoms with Crippen LogP contribution in [0.1, 0.15) is 5.56 Å². The number of rotatable bonds is 1. The molecule has 0 spiro atoms. The summed E-state index contributed by atoms with van der Waals surface area (Å²) in [5.41, 5.74) is 6.79. The summed E-state index contributed by atoms with van der Waals surface area (Å²) in [5.74, 6) is -0.0843. The summed E-state index contributed by atoms with van der Waals surface area (Å²) in [6.07, 6.45) is 0. The van der Waals surface area contributed by atoms with Gasteiger partial charge in [-0.15, -0.1) is 0 Å². The summed E-state index contributed by atoms with van der Waals surface area (Å²) in [6.45, 7) is 0. The lowest BCUT2D eigenvalue weighted by Crippen LogP contribution is -1.87. The number of halogens is 1. The van der Waals surface area contributed by atoms with Gasteiger partial charge in [0.1, 0.15) is 17.7 Å². The van der Waals surface area contributed by atoms with Crippen molar-refractivity contribution in [3.8, 4) is 17.3 Å². The Labute approximate surface area is 86.0 Å². The third-order valence-electron chi connectivity index (χ3n) is 2.13. The van der Waals surface area contributed by atoms with Gasteiger partial charge in [-0.05, 0) is 18.2 Å². The smallest absolute Gasteiger partial charge is 0.132 e. The lowest BCUT2D eigenvalue weighted by molar-refractivity contribution is 0.631. The van der Waals surface area contributed by atoms with Gasteiger partial charge in [0.25, 0.3) is 0 Å². The van der Waals surface area contributed by atoms with Gasteiger partial charge in [-0.2, -0.15) is 5.26 Å². The van der Waals surface area contributed by atoms with Crippen molar-refractivity contribution < 1.29 is 4.39 Å². The van der Waals surface area contributed by atoms with Gasteiger partial charge < -0.3 is 10.7 Å². The molecule has 3 nitrogen and oxygen atoms in total. The summed E-state index contributed by atoms with van der Waals surface area (Å²) in [7, 11) is 0. The molecular formula is C11H8FN3. The van der Waals surface area contributed by atoms with Gasteiger partial charge in [-0.1, -0.05) is 12.1 Å². The third kappa shape index (κ3) is 1.55. The summed E-state index contributed by atoms with van der Waals surface area (Å²) in [6, 6.07) is 9.78. The molecule has 0 bridgehead atoms. The fourth-order valence-corrected chi connectivity index (χ4v) is 1.39. The zero-order valence-electron chi connectivity index (χ0n) is 7.79. The Bertz CT molecular complexity index is 537. The van der Waals surface area contributed by atoms with Crippen molar-refractivity contribution in [2.24, 2.45) is 0 Å². The fraction of sp³-hybridized carbons (Fsp3) is 0. The number of H-pyrrole nitrogens is 1. The summed E-state index contributed by atoms with van der Waals surface area (Å²) < 4.78 is 13.4. The SMILES string of the molecule is N#Cc1cc(-c2ccccc2F)[nH]c1N. The molecule has 2 aromatic rings. The van der Waals surface area contributed by atoms with Crippen molar-refractivity contribution in [3.05, 3.63) is 41.7 Å². The summed E-state index contributed by atoms with van der Waals surface area (Å²) in [4.78, 5) is 2.77. The van der Waals surface area contributed by atoms with E-state index in [4.69, 9.17) is 11.0 Å². The second-order valence-electron chi connectivity index (χ2n) is 3.10. The predicted octanol–water partition coefficient (Wildman–Crippen LogP) is 2.27. The van der Waals surface area contributed by atoms with Crippen LogP contribution in [0.4, 0.5) is 10.2 Å². The molecule has 0 aliphatic heterocycles. The van der Waals surface area contributed by atoms with E-state index in [1.54, 1.807) is 18.2 Å². The van der Waals surface area contributed by atoms with Crippen LogP contribution in [0.5, 0.6) is 0 Å². The first-order chi connectivity index (χ1) is 7.22. The van der Waals surface area contributed by atoms with Gasteiger partial charge >= 0.3 is 0 Å². The van der Waals surface area contributed by atoms with Crippen LogP contribution in [0.3, 0.4) is 0 Å². The van der Waals surface area contributed by atoms with E-state index in [-0.39, 0.29) is 11.6 Å². The highest BCUT2D eigenvalue weighted by Crippen LogP contribution is 2.24. The minimum atomic E-state index is -0.344. The molecular weight excluding hydrogens is 193 g/mol. The van der Waals surface area contributed by atoms with Crippen molar-refractivity contribution >= 4 is 5.82 Å². The fourth-order valence-electron chi connectivity index (χ4n) is 1.39. The van der Waals surface area contributed by atoms with E-state index in [0.29, 0.717) is 16.8 Å². The standard InChI is InChI=1S/C11H8FN3/c12-9-4-2-1-3-8(9)10-5-7(6-13)11(14)15-10/h1-5,15H,14H2. The topological polar surface area (TPSA) is 65.6 Å². The maximum atomic E-state index is 13.4. The second kappa shape index (κ2) is 3.46. The number of nitrogens with zero attached hydrogens (tertiary/aromatic N) is 1. The zero-order valence-corrected chi connectivity index (χ0v) is 7.79. The van der Waals surface area contributed by atoms with E-state index in [2.05, 4.69) is 4.98 Å². The number of hydrogen-bond donors (Lipinski definition) is 2. The Kier molecular flexibility index (Phi) is 2.14. The van der Waals surface area contributed by atoms with Crippen LogP contribution < -0.4 is 5.73 Å². The molecule has 0 saturated heterocycles. The molecule has 74 valence electrons. The molecule has 1 aromatic carbocycles. The quantitative estimate of drug-likeness (QED) is 0.743. The first-order valence-corrected chi connectivity index (χ1v) is 4.36. The average molecular weight is 201 g/mol. The van der Waals surface area contributed by atoms with E-state index in [1.807, 2.05) is 6.07 Å². The number of nitrogen functional groups attached to an aromatic ring is 1. The molecule has 1 heterocycles. The molecule has 1 aromatic heterocycles. The molecule has 15 heavy (non-hydrogen) atoms. The van der Waals surface area contributed by atoms with Crippen LogP contribution in [0, 0.1) is 17.1 Å². The van der Waals surface area contributed by atoms with Crippen LogP contribution in [0.2, 0.25) is 0 Å². The highest BCUT2D eigenvalue weighted by atomic mass is 19.1. The third-order valence-corrected chi connectivity index (χ3v) is 2.13. The number of aromatic nitrogens is 1. The second-order valence-corrected chi connectivity index (χ2v) is 3.10. The average Bonchev–Trinajstić information content (AvgIpc) is 2.60. The van der Waals surface area contributed by atoms with E-state index in [9.17, 15) is 4.39 Å². The van der Waals surface area contributed by atoms with E-state index in [1.165, 1.54) is 12.1 Å². The number of anilines is 1. The van der Waals surface area contributed by atoms with E-state index < -0.39 is 0 Å². The maximum absolute atomic E-state index is 13.4. The maximum Gasteiger partial charge on any atom is 0.132 e. The van der Waals surface area contributed by atoms with Gasteiger partial charge in [-0.25, -0.2) is 4.39 Å². The largest absolute Gasteiger partial charge is 0.384 e. The molecule has 3 N–H and O–H groups in total. The molecule has 0 aliphatic rings. The van der Waals surface area contributed by atoms with E-state index >= 15 is 0 Å². The molecule has 0 saturated carbocycles. The Balaban J connectivity index is 2.56. The lowest BCUT2D eigenvalue weighted by Gasteiger charge is -1.98. The number of nitriles is 1. The van der Waals surface area contributed by atoms with Gasteiger partial charge in [0, 0.05) is 5.56 Å². The molecule has 0 aliphatic carbocycles. The molecule has 0 radical (unpaired) electrons. The normalized spacial score (nSPS) is 9.87. The van der Waals surface area contributed by atoms with Crippen molar-refractivity contribution in [1.29, 1.82) is 5.26 Å². The Hall–Kier alpha value is -2.28.